The smallest absolute Gasteiger partial charge is 0.249 e. The lowest BCUT2D eigenvalue weighted by Crippen LogP contribution is -2.13. The fourth-order valence-electron chi connectivity index (χ4n) is 0.479. The molecule has 0 spiro atoms. The van der Waals surface area contributed by atoms with Crippen molar-refractivity contribution in [3.05, 3.63) is 4.13 Å². The van der Waals surface area contributed by atoms with Crippen LogP contribution in [-0.4, -0.2) is 49.9 Å². The van der Waals surface area contributed by atoms with Crippen LogP contribution >= 0.6 is 0 Å². The van der Waals surface area contributed by atoms with Crippen LogP contribution in [-0.2, 0) is 30.1 Å². The van der Waals surface area contributed by atoms with E-state index < -0.39 is 36.0 Å². The van der Waals surface area contributed by atoms with Crippen LogP contribution in [0.2, 0.25) is 0 Å². The Bertz CT molecular complexity index is 535. The molecule has 0 fully saturated rings. The summed E-state index contributed by atoms with van der Waals surface area (Å²) in [5.74, 6) is -0.687. The first-order valence-electron chi connectivity index (χ1n) is 3.70. The van der Waals surface area contributed by atoms with E-state index in [1.54, 1.807) is 0 Å². The van der Waals surface area contributed by atoms with Crippen molar-refractivity contribution in [2.24, 2.45) is 4.40 Å². The second-order valence-corrected chi connectivity index (χ2v) is 8.06. The summed E-state index contributed by atoms with van der Waals surface area (Å²) in [5, 5.41) is 9.91. The zero-order chi connectivity index (χ0) is 14.5. The van der Waals surface area contributed by atoms with Gasteiger partial charge < -0.3 is 9.23 Å². The monoisotopic (exact) mass is 308 g/mol. The van der Waals surface area contributed by atoms with E-state index in [4.69, 9.17) is 0 Å². The third-order valence-electron chi connectivity index (χ3n) is 0.565. The minimum atomic E-state index is -3.74. The number of hydrogen-bond acceptors (Lipinski definition) is 7. The summed E-state index contributed by atoms with van der Waals surface area (Å²) in [6.45, 7) is 1.08. The van der Waals surface area contributed by atoms with Crippen molar-refractivity contribution in [2.45, 2.75) is 6.92 Å². The van der Waals surface area contributed by atoms with E-state index in [0.717, 1.165) is 13.2 Å². The van der Waals surface area contributed by atoms with Gasteiger partial charge in [-0.2, -0.15) is 4.40 Å². The summed E-state index contributed by atoms with van der Waals surface area (Å²) in [6.07, 6.45) is 2.30. The van der Waals surface area contributed by atoms with Crippen molar-refractivity contribution in [1.82, 2.24) is 0 Å². The maximum absolute atomic E-state index is 10.1. The molecule has 104 valence electrons. The molecule has 0 saturated carbocycles. The number of rotatable bonds is 3. The number of hydrogen-bond donors (Lipinski definition) is 0. The third-order valence-corrected chi connectivity index (χ3v) is 3.32. The fourth-order valence-corrected chi connectivity index (χ4v) is 2.91. The van der Waals surface area contributed by atoms with Crippen molar-refractivity contribution < 1.29 is 30.4 Å². The predicted molar refractivity (Wildman–Crippen MR) is 61.0 cm³/mol. The van der Waals surface area contributed by atoms with E-state index in [0.29, 0.717) is 12.5 Å². The van der Waals surface area contributed by atoms with Crippen LogP contribution in [0.25, 0.3) is 4.13 Å². The second kappa shape index (κ2) is 6.28. The lowest BCUT2D eigenvalue weighted by molar-refractivity contribution is -0.215. The van der Waals surface area contributed by atoms with Crippen LogP contribution in [0.15, 0.2) is 4.40 Å². The molecule has 12 heteroatoms. The van der Waals surface area contributed by atoms with Crippen molar-refractivity contribution in [3.63, 3.8) is 0 Å². The van der Waals surface area contributed by atoms with E-state index in [2.05, 4.69) is 8.53 Å². The summed E-state index contributed by atoms with van der Waals surface area (Å²) in [6, 6.07) is 0. The third kappa shape index (κ3) is 25.5. The number of nitrogens with zero attached hydrogens (tertiary/aromatic N) is 2. The van der Waals surface area contributed by atoms with Gasteiger partial charge in [-0.15, -0.1) is 0 Å². The molecule has 0 atom stereocenters. The molecule has 0 bridgehead atoms. The standard InChI is InChI=1S/C3H7NO3S.C2H6NO4S2/c1-3(5)4-8(2,6)7;1-8(4,5)3-9(2,6)7/h1-2H3,(H,4,5);1-2H3/q;-1/p-1. The van der Waals surface area contributed by atoms with Crippen LogP contribution in [0.5, 0.6) is 0 Å². The topological polar surface area (TPSA) is 152 Å². The van der Waals surface area contributed by atoms with E-state index in [1.807, 2.05) is 0 Å². The van der Waals surface area contributed by atoms with Crippen molar-refractivity contribution in [2.75, 3.05) is 18.8 Å². The Morgan fingerprint density at radius 1 is 0.941 bits per heavy atom. The Morgan fingerprint density at radius 3 is 1.24 bits per heavy atom. The van der Waals surface area contributed by atoms with Crippen LogP contribution in [0.1, 0.15) is 6.92 Å². The van der Waals surface area contributed by atoms with Gasteiger partial charge in [-0.1, -0.05) is 0 Å². The minimum absolute atomic E-state index is 0.687. The van der Waals surface area contributed by atoms with E-state index in [-0.39, 0.29) is 0 Å². The SMILES string of the molecule is CC([O-])=NS(C)(=O)=O.CS(=O)(=O)[N-]S(C)(=O)=O. The highest BCUT2D eigenvalue weighted by molar-refractivity contribution is 8.11. The van der Waals surface area contributed by atoms with Gasteiger partial charge in [0.25, 0.3) is 0 Å². The van der Waals surface area contributed by atoms with Gasteiger partial charge in [0.05, 0.1) is 26.3 Å². The largest absolute Gasteiger partial charge is 0.861 e. The average Bonchev–Trinajstić information content (AvgIpc) is 1.68. The van der Waals surface area contributed by atoms with Crippen LogP contribution in [0.3, 0.4) is 0 Å². The summed E-state index contributed by atoms with van der Waals surface area (Å²) in [5.41, 5.74) is 0. The lowest BCUT2D eigenvalue weighted by Gasteiger charge is -2.11. The highest BCUT2D eigenvalue weighted by Crippen LogP contribution is 2.03. The Labute approximate surface area is 101 Å². The van der Waals surface area contributed by atoms with E-state index >= 15 is 0 Å². The molecular weight excluding hydrogens is 296 g/mol. The molecule has 0 N–H and O–H groups in total. The highest BCUT2D eigenvalue weighted by atomic mass is 32.3. The van der Waals surface area contributed by atoms with Gasteiger partial charge >= 0.3 is 0 Å². The maximum Gasteiger partial charge on any atom is 0.249 e. The first-order valence-corrected chi connectivity index (χ1v) is 9.25. The molecule has 0 radical (unpaired) electrons. The molecule has 0 rings (SSSR count). The van der Waals surface area contributed by atoms with Crippen LogP contribution in [0, 0.1) is 0 Å². The molecule has 0 aromatic carbocycles. The van der Waals surface area contributed by atoms with Gasteiger partial charge in [-0.25, -0.2) is 25.3 Å². The first-order chi connectivity index (χ1) is 7.12. The molecule has 0 heterocycles. The van der Waals surface area contributed by atoms with Gasteiger partial charge in [0, 0.05) is 12.5 Å². The maximum atomic E-state index is 10.1. The Kier molecular flexibility index (Phi) is 6.88. The zero-order valence-corrected chi connectivity index (χ0v) is 11.9. The average molecular weight is 308 g/mol. The fraction of sp³-hybridized carbons (Fsp3) is 0.800. The molecule has 9 nitrogen and oxygen atoms in total. The summed E-state index contributed by atoms with van der Waals surface area (Å²) in [4.78, 5) is 0. The Hall–Kier alpha value is -0.720. The Morgan fingerprint density at radius 2 is 1.24 bits per heavy atom. The lowest BCUT2D eigenvalue weighted by atomic mass is 10.8. The van der Waals surface area contributed by atoms with Gasteiger partial charge in [0.2, 0.25) is 10.0 Å². The quantitative estimate of drug-likeness (QED) is 0.432. The molecule has 17 heavy (non-hydrogen) atoms. The van der Waals surface area contributed by atoms with Crippen LogP contribution < -0.4 is 5.11 Å². The normalized spacial score (nSPS) is 13.8. The molecule has 0 unspecified atom stereocenters. The Balaban J connectivity index is 0. The minimum Gasteiger partial charge on any atom is -0.861 e. The van der Waals surface area contributed by atoms with Crippen molar-refractivity contribution in [3.8, 4) is 0 Å². The molecule has 0 aliphatic heterocycles. The second-order valence-electron chi connectivity index (χ2n) is 2.88. The molecular formula is C5H12N2O7S3-2. The van der Waals surface area contributed by atoms with E-state index in [1.165, 1.54) is 0 Å². The summed E-state index contributed by atoms with van der Waals surface area (Å²) in [7, 11) is -10.9. The van der Waals surface area contributed by atoms with Gasteiger partial charge in [-0.3, -0.25) is 0 Å². The molecule has 0 aromatic rings. The first kappa shape index (κ1) is 18.6. The highest BCUT2D eigenvalue weighted by Gasteiger charge is 1.92. The molecule has 0 aliphatic carbocycles. The molecule has 0 saturated heterocycles. The molecule has 0 aromatic heterocycles. The van der Waals surface area contributed by atoms with Crippen molar-refractivity contribution >= 4 is 36.0 Å². The van der Waals surface area contributed by atoms with Gasteiger partial charge in [0.1, 0.15) is 0 Å². The van der Waals surface area contributed by atoms with Gasteiger partial charge in [0.15, 0.2) is 0 Å². The van der Waals surface area contributed by atoms with E-state index in [9.17, 15) is 30.4 Å². The summed E-state index contributed by atoms with van der Waals surface area (Å²) >= 11 is 0. The molecule has 0 amide bonds. The summed E-state index contributed by atoms with van der Waals surface area (Å²) < 4.78 is 65.7. The number of sulfonamides is 3. The van der Waals surface area contributed by atoms with Gasteiger partial charge in [-0.05, 0) is 12.8 Å². The molecule has 0 aliphatic rings. The zero-order valence-electron chi connectivity index (χ0n) is 9.48. The predicted octanol–water partition coefficient (Wildman–Crippen LogP) is -2.00. The van der Waals surface area contributed by atoms with Crippen molar-refractivity contribution in [1.29, 1.82) is 0 Å². The van der Waals surface area contributed by atoms with Crippen LogP contribution in [0.4, 0.5) is 0 Å².